The Morgan fingerprint density at radius 1 is 1.36 bits per heavy atom. The van der Waals surface area contributed by atoms with Crippen LogP contribution in [-0.2, 0) is 6.54 Å². The van der Waals surface area contributed by atoms with Gasteiger partial charge in [-0.3, -0.25) is 9.48 Å². The summed E-state index contributed by atoms with van der Waals surface area (Å²) in [5.74, 6) is 0.00303. The number of aromatic nitrogens is 2. The van der Waals surface area contributed by atoms with Gasteiger partial charge in [0.2, 0.25) is 0 Å². The summed E-state index contributed by atoms with van der Waals surface area (Å²) in [6, 6.07) is 10.4. The molecule has 1 atom stereocenters. The van der Waals surface area contributed by atoms with Crippen molar-refractivity contribution >= 4 is 18.3 Å². The van der Waals surface area contributed by atoms with Gasteiger partial charge in [-0.15, -0.1) is 12.4 Å². The van der Waals surface area contributed by atoms with E-state index < -0.39 is 0 Å². The molecular weight excluding hydrogens is 336 g/mol. The maximum atomic E-state index is 12.8. The van der Waals surface area contributed by atoms with E-state index in [0.29, 0.717) is 24.8 Å². The van der Waals surface area contributed by atoms with E-state index in [-0.39, 0.29) is 18.3 Å². The second-order valence-electron chi connectivity index (χ2n) is 6.43. The van der Waals surface area contributed by atoms with Crippen LogP contribution in [0.15, 0.2) is 36.5 Å². The molecule has 1 saturated heterocycles. The van der Waals surface area contributed by atoms with Gasteiger partial charge in [0.05, 0.1) is 6.04 Å². The number of aryl methyl sites for hydroxylation is 1. The number of carbonyl (C=O) groups is 1. The van der Waals surface area contributed by atoms with Crippen LogP contribution in [0, 0.1) is 6.92 Å². The van der Waals surface area contributed by atoms with Gasteiger partial charge in [0.1, 0.15) is 5.69 Å². The van der Waals surface area contributed by atoms with Crippen LogP contribution in [0.1, 0.15) is 47.4 Å². The highest BCUT2D eigenvalue weighted by molar-refractivity contribution is 5.92. The van der Waals surface area contributed by atoms with Gasteiger partial charge in [-0.25, -0.2) is 0 Å². The van der Waals surface area contributed by atoms with Gasteiger partial charge in [0.25, 0.3) is 5.91 Å². The number of hydrogen-bond donors (Lipinski definition) is 1. The van der Waals surface area contributed by atoms with Gasteiger partial charge in [0.15, 0.2) is 0 Å². The Kier molecular flexibility index (Phi) is 7.02. The van der Waals surface area contributed by atoms with Crippen LogP contribution in [0.3, 0.4) is 0 Å². The van der Waals surface area contributed by atoms with Crippen molar-refractivity contribution in [3.05, 3.63) is 53.3 Å². The molecule has 3 rings (SSSR count). The highest BCUT2D eigenvalue weighted by Crippen LogP contribution is 2.17. The third-order valence-corrected chi connectivity index (χ3v) is 4.76. The molecule has 2 aromatic rings. The minimum Gasteiger partial charge on any atom is -0.333 e. The van der Waals surface area contributed by atoms with Gasteiger partial charge >= 0.3 is 0 Å². The van der Waals surface area contributed by atoms with Gasteiger partial charge in [0, 0.05) is 25.8 Å². The van der Waals surface area contributed by atoms with Crippen LogP contribution in [0.25, 0.3) is 0 Å². The van der Waals surface area contributed by atoms with Gasteiger partial charge in [-0.05, 0) is 50.4 Å². The Balaban J connectivity index is 0.00000225. The number of carbonyl (C=O) groups excluding carboxylic acids is 1. The number of nitrogens with zero attached hydrogens (tertiary/aromatic N) is 3. The molecule has 1 aromatic heterocycles. The van der Waals surface area contributed by atoms with Crippen molar-refractivity contribution in [2.45, 2.75) is 39.3 Å². The SMILES string of the molecule is CCN(Cc1ccccc1C)C(=O)c1ccn(C2CCCNC2)n1.Cl. The fraction of sp³-hybridized carbons (Fsp3) is 0.474. The van der Waals surface area contributed by atoms with Crippen molar-refractivity contribution in [3.8, 4) is 0 Å². The van der Waals surface area contributed by atoms with Crippen LogP contribution >= 0.6 is 12.4 Å². The average molecular weight is 363 g/mol. The van der Waals surface area contributed by atoms with E-state index in [9.17, 15) is 4.79 Å². The first kappa shape index (κ1) is 19.5. The molecule has 1 aromatic carbocycles. The van der Waals surface area contributed by atoms with E-state index in [1.165, 1.54) is 11.1 Å². The maximum absolute atomic E-state index is 12.8. The zero-order valence-electron chi connectivity index (χ0n) is 14.9. The van der Waals surface area contributed by atoms with E-state index in [1.54, 1.807) is 0 Å². The lowest BCUT2D eigenvalue weighted by atomic mass is 10.1. The number of rotatable bonds is 5. The summed E-state index contributed by atoms with van der Waals surface area (Å²) in [5, 5.41) is 7.94. The smallest absolute Gasteiger partial charge is 0.274 e. The lowest BCUT2D eigenvalue weighted by molar-refractivity contribution is 0.0745. The number of piperidine rings is 1. The zero-order valence-corrected chi connectivity index (χ0v) is 15.8. The molecule has 1 aliphatic rings. The Hall–Kier alpha value is -1.85. The molecule has 0 radical (unpaired) electrons. The van der Waals surface area contributed by atoms with E-state index in [2.05, 4.69) is 29.5 Å². The lowest BCUT2D eigenvalue weighted by Gasteiger charge is -2.23. The van der Waals surface area contributed by atoms with Gasteiger partial charge in [-0.2, -0.15) is 5.10 Å². The highest BCUT2D eigenvalue weighted by atomic mass is 35.5. The molecule has 6 heteroatoms. The van der Waals surface area contributed by atoms with E-state index in [0.717, 1.165) is 25.9 Å². The fourth-order valence-electron chi connectivity index (χ4n) is 3.20. The topological polar surface area (TPSA) is 50.2 Å². The first-order valence-electron chi connectivity index (χ1n) is 8.78. The van der Waals surface area contributed by atoms with Crippen molar-refractivity contribution in [1.29, 1.82) is 0 Å². The number of halogens is 1. The third-order valence-electron chi connectivity index (χ3n) is 4.76. The lowest BCUT2D eigenvalue weighted by Crippen LogP contribution is -2.33. The highest BCUT2D eigenvalue weighted by Gasteiger charge is 2.21. The van der Waals surface area contributed by atoms with Crippen molar-refractivity contribution in [2.75, 3.05) is 19.6 Å². The van der Waals surface area contributed by atoms with E-state index >= 15 is 0 Å². The summed E-state index contributed by atoms with van der Waals surface area (Å²) in [7, 11) is 0. The predicted molar refractivity (Wildman–Crippen MR) is 102 cm³/mol. The van der Waals surface area contributed by atoms with Gasteiger partial charge < -0.3 is 10.2 Å². The molecule has 1 unspecified atom stereocenters. The molecule has 5 nitrogen and oxygen atoms in total. The molecule has 0 spiro atoms. The van der Waals surface area contributed by atoms with Gasteiger partial charge in [-0.1, -0.05) is 24.3 Å². The average Bonchev–Trinajstić information content (AvgIpc) is 3.11. The number of hydrogen-bond acceptors (Lipinski definition) is 3. The molecule has 0 bridgehead atoms. The second kappa shape index (κ2) is 9.02. The molecular formula is C19H27ClN4O. The van der Waals surface area contributed by atoms with Crippen LogP contribution in [0.5, 0.6) is 0 Å². The van der Waals surface area contributed by atoms with Crippen LogP contribution < -0.4 is 5.32 Å². The molecule has 1 fully saturated rings. The largest absolute Gasteiger partial charge is 0.333 e. The zero-order chi connectivity index (χ0) is 16.9. The minimum atomic E-state index is 0. The first-order chi connectivity index (χ1) is 11.7. The standard InChI is InChI=1S/C19H26N4O.ClH/c1-3-22(14-16-8-5-4-7-15(16)2)19(24)18-10-12-23(21-18)17-9-6-11-20-13-17;/h4-5,7-8,10,12,17,20H,3,6,9,11,13-14H2,1-2H3;1H. The number of nitrogens with one attached hydrogen (secondary N) is 1. The number of amides is 1. The Morgan fingerprint density at radius 3 is 2.84 bits per heavy atom. The van der Waals surface area contributed by atoms with Crippen LogP contribution in [-0.4, -0.2) is 40.2 Å². The summed E-state index contributed by atoms with van der Waals surface area (Å²) in [6.45, 7) is 7.39. The Labute approximate surface area is 155 Å². The molecule has 0 saturated carbocycles. The molecule has 2 heterocycles. The molecule has 25 heavy (non-hydrogen) atoms. The minimum absolute atomic E-state index is 0. The maximum Gasteiger partial charge on any atom is 0.274 e. The van der Waals surface area contributed by atoms with Crippen LogP contribution in [0.2, 0.25) is 0 Å². The first-order valence-corrected chi connectivity index (χ1v) is 8.78. The number of benzene rings is 1. The Morgan fingerprint density at radius 2 is 2.16 bits per heavy atom. The second-order valence-corrected chi connectivity index (χ2v) is 6.43. The van der Waals surface area contributed by atoms with E-state index in [1.807, 2.05) is 40.9 Å². The fourth-order valence-corrected chi connectivity index (χ4v) is 3.20. The molecule has 136 valence electrons. The summed E-state index contributed by atoms with van der Waals surface area (Å²) < 4.78 is 1.95. The van der Waals surface area contributed by atoms with Crippen molar-refractivity contribution < 1.29 is 4.79 Å². The molecule has 1 amide bonds. The molecule has 1 N–H and O–H groups in total. The Bertz CT molecular complexity index is 694. The van der Waals surface area contributed by atoms with Crippen molar-refractivity contribution in [1.82, 2.24) is 20.0 Å². The summed E-state index contributed by atoms with van der Waals surface area (Å²) in [6.07, 6.45) is 4.21. The third kappa shape index (κ3) is 4.61. The summed E-state index contributed by atoms with van der Waals surface area (Å²) >= 11 is 0. The predicted octanol–water partition coefficient (Wildman–Crippen LogP) is 3.20. The quantitative estimate of drug-likeness (QED) is 0.888. The van der Waals surface area contributed by atoms with Crippen LogP contribution in [0.4, 0.5) is 0 Å². The summed E-state index contributed by atoms with van der Waals surface area (Å²) in [5.41, 5.74) is 2.93. The molecule has 1 aliphatic heterocycles. The summed E-state index contributed by atoms with van der Waals surface area (Å²) in [4.78, 5) is 14.7. The van der Waals surface area contributed by atoms with Crippen molar-refractivity contribution in [3.63, 3.8) is 0 Å². The van der Waals surface area contributed by atoms with Crippen molar-refractivity contribution in [2.24, 2.45) is 0 Å². The monoisotopic (exact) mass is 362 g/mol. The van der Waals surface area contributed by atoms with E-state index in [4.69, 9.17) is 0 Å². The molecule has 0 aliphatic carbocycles. The normalized spacial score (nSPS) is 17.0.